The fourth-order valence-electron chi connectivity index (χ4n) is 0.726. The third-order valence-electron chi connectivity index (χ3n) is 1.18. The first-order valence-corrected chi connectivity index (χ1v) is 5.32. The average Bonchev–Trinajstić information content (AvgIpc) is 2.31. The Bertz CT molecular complexity index is 197. The van der Waals surface area contributed by atoms with Gasteiger partial charge in [-0.3, -0.25) is 0 Å². The lowest BCUT2D eigenvalue weighted by atomic mass is 10.3. The van der Waals surface area contributed by atoms with Crippen LogP contribution >= 0.6 is 38.9 Å². The Labute approximate surface area is 78.3 Å². The Morgan fingerprint density at radius 1 is 1.60 bits per heavy atom. The number of aryl methyl sites for hydroxylation is 1. The van der Waals surface area contributed by atoms with Crippen LogP contribution in [-0.2, 0) is 6.42 Å². The summed E-state index contributed by atoms with van der Waals surface area (Å²) in [5, 5.41) is 2.10. The minimum absolute atomic E-state index is 0.759. The molecule has 10 heavy (non-hydrogen) atoms. The second-order valence-electron chi connectivity index (χ2n) is 2.02. The van der Waals surface area contributed by atoms with Crippen LogP contribution in [0.5, 0.6) is 0 Å². The third-order valence-corrected chi connectivity index (χ3v) is 3.20. The summed E-state index contributed by atoms with van der Waals surface area (Å²) in [6.07, 6.45) is 2.19. The van der Waals surface area contributed by atoms with Gasteiger partial charge in [0.1, 0.15) is 0 Å². The smallest absolute Gasteiger partial charge is 0.0285 e. The molecule has 0 saturated carbocycles. The molecule has 0 aromatic carbocycles. The molecule has 0 bridgehead atoms. The maximum Gasteiger partial charge on any atom is 0.0285 e. The van der Waals surface area contributed by atoms with Gasteiger partial charge < -0.3 is 0 Å². The van der Waals surface area contributed by atoms with Gasteiger partial charge in [0.05, 0.1) is 0 Å². The van der Waals surface area contributed by atoms with Crippen LogP contribution in [0.4, 0.5) is 0 Å². The molecule has 0 aliphatic rings. The normalized spacial score (nSPS) is 10.2. The van der Waals surface area contributed by atoms with E-state index in [1.807, 2.05) is 0 Å². The summed E-state index contributed by atoms with van der Waals surface area (Å²) in [6.45, 7) is 0. The number of alkyl halides is 1. The van der Waals surface area contributed by atoms with E-state index in [-0.39, 0.29) is 0 Å². The molecule has 0 fully saturated rings. The summed E-state index contributed by atoms with van der Waals surface area (Å²) < 4.78 is 1.18. The van der Waals surface area contributed by atoms with E-state index in [0.717, 1.165) is 18.7 Å². The van der Waals surface area contributed by atoms with E-state index in [4.69, 9.17) is 11.6 Å². The topological polar surface area (TPSA) is 0 Å². The maximum atomic E-state index is 5.55. The van der Waals surface area contributed by atoms with Crippen molar-refractivity contribution in [2.24, 2.45) is 0 Å². The molecule has 1 aromatic rings. The zero-order chi connectivity index (χ0) is 7.40. The Balaban J connectivity index is 2.42. The molecular weight excluding hydrogens is 232 g/mol. The second kappa shape index (κ2) is 4.37. The molecule has 1 heterocycles. The van der Waals surface area contributed by atoms with Crippen molar-refractivity contribution in [2.45, 2.75) is 12.8 Å². The lowest BCUT2D eigenvalue weighted by molar-refractivity contribution is 0.947. The number of halogens is 2. The predicted octanol–water partition coefficient (Wildman–Crippen LogP) is 3.68. The zero-order valence-corrected chi connectivity index (χ0v) is 8.60. The van der Waals surface area contributed by atoms with Crippen LogP contribution in [0.2, 0.25) is 0 Å². The second-order valence-corrected chi connectivity index (χ2v) is 4.31. The van der Waals surface area contributed by atoms with Crippen molar-refractivity contribution in [2.75, 3.05) is 5.88 Å². The van der Waals surface area contributed by atoms with Crippen molar-refractivity contribution in [3.8, 4) is 0 Å². The number of thiophene rings is 1. The van der Waals surface area contributed by atoms with Crippen molar-refractivity contribution in [3.63, 3.8) is 0 Å². The average molecular weight is 240 g/mol. The van der Waals surface area contributed by atoms with Crippen LogP contribution in [-0.4, -0.2) is 5.88 Å². The molecule has 0 spiro atoms. The lowest BCUT2D eigenvalue weighted by Gasteiger charge is -1.89. The van der Waals surface area contributed by atoms with Crippen LogP contribution in [0.25, 0.3) is 0 Å². The summed E-state index contributed by atoms with van der Waals surface area (Å²) in [7, 11) is 0. The minimum atomic E-state index is 0.759. The fraction of sp³-hybridized carbons (Fsp3) is 0.429. The van der Waals surface area contributed by atoms with Gasteiger partial charge in [-0.25, -0.2) is 0 Å². The first kappa shape index (κ1) is 8.57. The fourth-order valence-corrected chi connectivity index (χ4v) is 2.36. The summed E-state index contributed by atoms with van der Waals surface area (Å²) >= 11 is 10.7. The van der Waals surface area contributed by atoms with E-state index in [2.05, 4.69) is 27.4 Å². The standard InChI is InChI=1S/C7H8BrClS/c8-6-4-7(10-5-6)2-1-3-9/h4-5H,1-3H2. The van der Waals surface area contributed by atoms with E-state index >= 15 is 0 Å². The molecule has 0 aliphatic carbocycles. The highest BCUT2D eigenvalue weighted by Crippen LogP contribution is 2.20. The monoisotopic (exact) mass is 238 g/mol. The lowest BCUT2D eigenvalue weighted by Crippen LogP contribution is -1.79. The molecule has 0 nitrogen and oxygen atoms in total. The van der Waals surface area contributed by atoms with Gasteiger partial charge in [-0.1, -0.05) is 0 Å². The molecule has 56 valence electrons. The Morgan fingerprint density at radius 3 is 2.90 bits per heavy atom. The zero-order valence-electron chi connectivity index (χ0n) is 5.44. The molecule has 3 heteroatoms. The Kier molecular flexibility index (Phi) is 3.74. The van der Waals surface area contributed by atoms with Crippen molar-refractivity contribution in [1.29, 1.82) is 0 Å². The number of rotatable bonds is 3. The Morgan fingerprint density at radius 2 is 2.40 bits per heavy atom. The molecule has 0 amide bonds. The minimum Gasteiger partial charge on any atom is -0.148 e. The highest BCUT2D eigenvalue weighted by molar-refractivity contribution is 9.10. The van der Waals surface area contributed by atoms with Crippen LogP contribution < -0.4 is 0 Å². The summed E-state index contributed by atoms with van der Waals surface area (Å²) in [4.78, 5) is 1.41. The van der Waals surface area contributed by atoms with E-state index in [1.54, 1.807) is 11.3 Å². The van der Waals surface area contributed by atoms with E-state index in [1.165, 1.54) is 9.35 Å². The van der Waals surface area contributed by atoms with Crippen LogP contribution in [0.15, 0.2) is 15.9 Å². The van der Waals surface area contributed by atoms with Gasteiger partial charge in [-0.15, -0.1) is 22.9 Å². The number of hydrogen-bond acceptors (Lipinski definition) is 1. The van der Waals surface area contributed by atoms with Crippen molar-refractivity contribution in [1.82, 2.24) is 0 Å². The van der Waals surface area contributed by atoms with Crippen LogP contribution in [0.1, 0.15) is 11.3 Å². The summed E-state index contributed by atoms with van der Waals surface area (Å²) in [5.41, 5.74) is 0. The molecular formula is C7H8BrClS. The molecule has 0 atom stereocenters. The van der Waals surface area contributed by atoms with Gasteiger partial charge in [-0.05, 0) is 34.8 Å². The molecule has 0 aliphatic heterocycles. The van der Waals surface area contributed by atoms with Gasteiger partial charge in [0.15, 0.2) is 0 Å². The molecule has 0 radical (unpaired) electrons. The number of hydrogen-bond donors (Lipinski definition) is 0. The van der Waals surface area contributed by atoms with Crippen LogP contribution in [0, 0.1) is 0 Å². The van der Waals surface area contributed by atoms with E-state index < -0.39 is 0 Å². The van der Waals surface area contributed by atoms with Crippen LogP contribution in [0.3, 0.4) is 0 Å². The maximum absolute atomic E-state index is 5.55. The first-order valence-electron chi connectivity index (χ1n) is 3.12. The highest BCUT2D eigenvalue weighted by Gasteiger charge is 1.95. The molecule has 0 unspecified atom stereocenters. The summed E-state index contributed by atoms with van der Waals surface area (Å²) in [6, 6.07) is 2.15. The largest absolute Gasteiger partial charge is 0.148 e. The predicted molar refractivity (Wildman–Crippen MR) is 51.1 cm³/mol. The highest BCUT2D eigenvalue weighted by atomic mass is 79.9. The van der Waals surface area contributed by atoms with Gasteiger partial charge in [0.25, 0.3) is 0 Å². The van der Waals surface area contributed by atoms with Crippen molar-refractivity contribution < 1.29 is 0 Å². The first-order chi connectivity index (χ1) is 4.83. The molecule has 1 aromatic heterocycles. The SMILES string of the molecule is ClCCCc1cc(Br)cs1. The van der Waals surface area contributed by atoms with Gasteiger partial charge in [0.2, 0.25) is 0 Å². The molecule has 1 rings (SSSR count). The van der Waals surface area contributed by atoms with Crippen molar-refractivity contribution in [3.05, 3.63) is 20.8 Å². The van der Waals surface area contributed by atoms with E-state index in [0.29, 0.717) is 0 Å². The molecule has 0 saturated heterocycles. The summed E-state index contributed by atoms with van der Waals surface area (Å²) in [5.74, 6) is 0.759. The third kappa shape index (κ3) is 2.60. The van der Waals surface area contributed by atoms with Gasteiger partial charge in [0, 0.05) is 20.6 Å². The van der Waals surface area contributed by atoms with E-state index in [9.17, 15) is 0 Å². The van der Waals surface area contributed by atoms with Gasteiger partial charge in [-0.2, -0.15) is 0 Å². The molecule has 0 N–H and O–H groups in total. The Hall–Kier alpha value is 0.470. The van der Waals surface area contributed by atoms with Gasteiger partial charge >= 0.3 is 0 Å². The van der Waals surface area contributed by atoms with Crippen molar-refractivity contribution >= 4 is 38.9 Å². The quantitative estimate of drug-likeness (QED) is 0.706.